The fraction of sp³-hybridized carbons (Fsp3) is 0.0164. The van der Waals surface area contributed by atoms with Crippen molar-refractivity contribution in [1.82, 2.24) is 4.57 Å². The van der Waals surface area contributed by atoms with E-state index in [0.29, 0.717) is 0 Å². The molecule has 1 aliphatic carbocycles. The van der Waals surface area contributed by atoms with Crippen LogP contribution in [0.5, 0.6) is 0 Å². The standard InChI is InChI=1S/C61H42N2/c1-5-20-43(21-6-1)51-38-36-45(44-22-19-25-47(40-44)61(46-23-7-2-8-24-46)56-33-16-13-30-52(56)53-31-14-17-34-57(53)61)41-59(51)62(48-26-9-3-10-27-48)50-37-39-55-54-32-15-18-35-58(54)63(60(55)42-50)49-28-11-4-12-29-49/h1-42H. The quantitative estimate of drug-likeness (QED) is 0.149. The van der Waals surface area contributed by atoms with Crippen molar-refractivity contribution in [3.05, 3.63) is 277 Å². The van der Waals surface area contributed by atoms with E-state index in [4.69, 9.17) is 0 Å². The highest BCUT2D eigenvalue weighted by atomic mass is 15.1. The highest BCUT2D eigenvalue weighted by Crippen LogP contribution is 2.56. The molecule has 0 saturated carbocycles. The van der Waals surface area contributed by atoms with E-state index >= 15 is 0 Å². The molecule has 0 spiro atoms. The Bertz CT molecular complexity index is 3400. The van der Waals surface area contributed by atoms with Gasteiger partial charge in [-0.05, 0) is 105 Å². The number of hydrogen-bond acceptors (Lipinski definition) is 1. The monoisotopic (exact) mass is 802 g/mol. The van der Waals surface area contributed by atoms with Gasteiger partial charge in [-0.3, -0.25) is 0 Å². The van der Waals surface area contributed by atoms with E-state index in [1.54, 1.807) is 0 Å². The smallest absolute Gasteiger partial charge is 0.0713 e. The van der Waals surface area contributed by atoms with Crippen LogP contribution in [-0.4, -0.2) is 4.57 Å². The third-order valence-corrected chi connectivity index (χ3v) is 13.1. The molecule has 0 radical (unpaired) electrons. The van der Waals surface area contributed by atoms with Gasteiger partial charge >= 0.3 is 0 Å². The molecule has 296 valence electrons. The van der Waals surface area contributed by atoms with E-state index in [1.165, 1.54) is 49.7 Å². The second-order valence-electron chi connectivity index (χ2n) is 16.4. The molecule has 2 nitrogen and oxygen atoms in total. The van der Waals surface area contributed by atoms with Gasteiger partial charge in [0.2, 0.25) is 0 Å². The van der Waals surface area contributed by atoms with Gasteiger partial charge in [-0.25, -0.2) is 0 Å². The molecule has 1 aliphatic rings. The lowest BCUT2D eigenvalue weighted by molar-refractivity contribution is 0.769. The molecule has 0 bridgehead atoms. The average molecular weight is 803 g/mol. The van der Waals surface area contributed by atoms with Gasteiger partial charge < -0.3 is 9.47 Å². The topological polar surface area (TPSA) is 8.17 Å². The van der Waals surface area contributed by atoms with Gasteiger partial charge in [-0.2, -0.15) is 0 Å². The number of aromatic nitrogens is 1. The summed E-state index contributed by atoms with van der Waals surface area (Å²) in [5.74, 6) is 0. The molecule has 10 aromatic carbocycles. The van der Waals surface area contributed by atoms with E-state index in [2.05, 4.69) is 264 Å². The minimum atomic E-state index is -0.486. The Morgan fingerprint density at radius 3 is 1.60 bits per heavy atom. The summed E-state index contributed by atoms with van der Waals surface area (Å²) in [4.78, 5) is 2.44. The second-order valence-corrected chi connectivity index (χ2v) is 16.4. The number of nitrogens with zero attached hydrogens (tertiary/aromatic N) is 2. The van der Waals surface area contributed by atoms with Crippen molar-refractivity contribution in [2.24, 2.45) is 0 Å². The molecule has 1 aromatic heterocycles. The first-order valence-corrected chi connectivity index (χ1v) is 21.8. The van der Waals surface area contributed by atoms with Gasteiger partial charge in [0.15, 0.2) is 0 Å². The number of hydrogen-bond donors (Lipinski definition) is 0. The van der Waals surface area contributed by atoms with Crippen LogP contribution in [0.3, 0.4) is 0 Å². The summed E-state index contributed by atoms with van der Waals surface area (Å²) in [6.45, 7) is 0. The van der Waals surface area contributed by atoms with Gasteiger partial charge in [-0.15, -0.1) is 0 Å². The fourth-order valence-corrected chi connectivity index (χ4v) is 10.4. The van der Waals surface area contributed by atoms with Crippen molar-refractivity contribution < 1.29 is 0 Å². The summed E-state index contributed by atoms with van der Waals surface area (Å²) in [7, 11) is 0. The Kier molecular flexibility index (Phi) is 8.76. The number of rotatable bonds is 8. The molecule has 0 aliphatic heterocycles. The summed E-state index contributed by atoms with van der Waals surface area (Å²) < 4.78 is 2.40. The predicted molar refractivity (Wildman–Crippen MR) is 264 cm³/mol. The molecule has 12 rings (SSSR count). The Morgan fingerprint density at radius 1 is 0.317 bits per heavy atom. The lowest BCUT2D eigenvalue weighted by Crippen LogP contribution is -2.28. The summed E-state index contributed by atoms with van der Waals surface area (Å²) >= 11 is 0. The van der Waals surface area contributed by atoms with E-state index in [9.17, 15) is 0 Å². The third kappa shape index (κ3) is 5.87. The molecule has 1 heterocycles. The molecular formula is C61H42N2. The lowest BCUT2D eigenvalue weighted by atomic mass is 9.67. The Hall–Kier alpha value is -8.20. The van der Waals surface area contributed by atoms with Gasteiger partial charge in [0, 0.05) is 33.4 Å². The first-order chi connectivity index (χ1) is 31.3. The van der Waals surface area contributed by atoms with Crippen LogP contribution in [0.15, 0.2) is 255 Å². The minimum absolute atomic E-state index is 0.486. The van der Waals surface area contributed by atoms with Gasteiger partial charge in [-0.1, -0.05) is 200 Å². The van der Waals surface area contributed by atoms with Crippen molar-refractivity contribution in [2.75, 3.05) is 4.90 Å². The zero-order valence-electron chi connectivity index (χ0n) is 34.6. The van der Waals surface area contributed by atoms with E-state index < -0.39 is 5.41 Å². The summed E-state index contributed by atoms with van der Waals surface area (Å²) in [5.41, 5.74) is 18.6. The molecule has 0 amide bonds. The Morgan fingerprint density at radius 2 is 0.873 bits per heavy atom. The maximum atomic E-state index is 2.44. The van der Waals surface area contributed by atoms with Crippen LogP contribution in [0.2, 0.25) is 0 Å². The molecule has 0 saturated heterocycles. The zero-order valence-corrected chi connectivity index (χ0v) is 34.6. The van der Waals surface area contributed by atoms with Crippen molar-refractivity contribution in [3.8, 4) is 39.1 Å². The third-order valence-electron chi connectivity index (χ3n) is 13.1. The number of anilines is 3. The van der Waals surface area contributed by atoms with Crippen LogP contribution < -0.4 is 4.90 Å². The summed E-state index contributed by atoms with van der Waals surface area (Å²) in [5, 5.41) is 2.46. The SMILES string of the molecule is c1ccc(-c2ccc(-c3cccc(C4(c5ccccc5)c5ccccc5-c5ccccc54)c3)cc2N(c2ccccc2)c2ccc3c4ccccc4n(-c4ccccc4)c3c2)cc1. The Balaban J connectivity index is 1.09. The first-order valence-electron chi connectivity index (χ1n) is 21.8. The second kappa shape index (κ2) is 15.1. The largest absolute Gasteiger partial charge is 0.310 e. The molecule has 0 atom stereocenters. The molecule has 11 aromatic rings. The van der Waals surface area contributed by atoms with Crippen LogP contribution in [0.1, 0.15) is 22.3 Å². The van der Waals surface area contributed by atoms with Crippen molar-refractivity contribution in [1.29, 1.82) is 0 Å². The van der Waals surface area contributed by atoms with E-state index in [1.807, 2.05) is 0 Å². The maximum Gasteiger partial charge on any atom is 0.0713 e. The predicted octanol–water partition coefficient (Wildman–Crippen LogP) is 16.0. The summed E-state index contributed by atoms with van der Waals surface area (Å²) in [6, 6.07) is 93.3. The van der Waals surface area contributed by atoms with Crippen LogP contribution in [0.4, 0.5) is 17.1 Å². The molecule has 0 N–H and O–H groups in total. The number of fused-ring (bicyclic) bond motifs is 6. The number of para-hydroxylation sites is 3. The fourth-order valence-electron chi connectivity index (χ4n) is 10.4. The molecule has 63 heavy (non-hydrogen) atoms. The highest BCUT2D eigenvalue weighted by Gasteiger charge is 2.45. The van der Waals surface area contributed by atoms with Crippen LogP contribution in [0.25, 0.3) is 60.9 Å². The molecule has 0 fully saturated rings. The van der Waals surface area contributed by atoms with Gasteiger partial charge in [0.25, 0.3) is 0 Å². The first kappa shape index (κ1) is 36.6. The van der Waals surface area contributed by atoms with Crippen molar-refractivity contribution >= 4 is 38.9 Å². The van der Waals surface area contributed by atoms with Crippen molar-refractivity contribution in [3.63, 3.8) is 0 Å². The molecular weight excluding hydrogens is 761 g/mol. The normalized spacial score (nSPS) is 12.6. The Labute approximate surface area is 368 Å². The average Bonchev–Trinajstić information content (AvgIpc) is 3.86. The van der Waals surface area contributed by atoms with Crippen LogP contribution >= 0.6 is 0 Å². The maximum absolute atomic E-state index is 2.44. The van der Waals surface area contributed by atoms with Crippen molar-refractivity contribution in [2.45, 2.75) is 5.41 Å². The van der Waals surface area contributed by atoms with Gasteiger partial charge in [0.05, 0.1) is 22.1 Å². The van der Waals surface area contributed by atoms with E-state index in [-0.39, 0.29) is 0 Å². The lowest BCUT2D eigenvalue weighted by Gasteiger charge is -2.34. The highest BCUT2D eigenvalue weighted by molar-refractivity contribution is 6.10. The van der Waals surface area contributed by atoms with Crippen LogP contribution in [-0.2, 0) is 5.41 Å². The zero-order chi connectivity index (χ0) is 41.7. The van der Waals surface area contributed by atoms with Gasteiger partial charge in [0.1, 0.15) is 0 Å². The van der Waals surface area contributed by atoms with E-state index in [0.717, 1.165) is 50.5 Å². The molecule has 2 heteroatoms. The number of benzene rings is 10. The minimum Gasteiger partial charge on any atom is -0.310 e. The molecule has 0 unspecified atom stereocenters. The van der Waals surface area contributed by atoms with Crippen LogP contribution in [0, 0.1) is 0 Å². The summed E-state index contributed by atoms with van der Waals surface area (Å²) in [6.07, 6.45) is 0.